The molecule has 1 atom stereocenters. The number of alkyl halides is 2. The van der Waals surface area contributed by atoms with Crippen LogP contribution in [0.4, 0.5) is 17.6 Å². The molecule has 2 N–H and O–H groups in total. The summed E-state index contributed by atoms with van der Waals surface area (Å²) < 4.78 is 61.0. The number of aliphatic hydroxyl groups is 1. The Morgan fingerprint density at radius 1 is 1.20 bits per heavy atom. The molecule has 1 aromatic heterocycles. The molecule has 3 saturated carbocycles. The molecule has 4 aliphatic rings. The van der Waals surface area contributed by atoms with Crippen LogP contribution in [0.2, 0.25) is 0 Å². The molecule has 6 rings (SSSR count). The molecule has 2 heterocycles. The standard InChI is InChI=1S/C20H21F4N5O/c21-14-1-2-15(16(22)7-14)19(30,11-29-12-26-27-28-29)20(23,24)18-8-17(9-18,10-18)13-3-5-25-6-4-13/h1-3,7,12,25,30H,4-6,8-11H2. The Bertz CT molecular complexity index is 989. The average Bonchev–Trinajstić information content (AvgIpc) is 3.12. The number of nitrogens with zero attached hydrogens (tertiary/aromatic N) is 4. The van der Waals surface area contributed by atoms with Gasteiger partial charge in [0.1, 0.15) is 18.0 Å². The molecule has 10 heteroatoms. The summed E-state index contributed by atoms with van der Waals surface area (Å²) in [5.74, 6) is -5.82. The predicted molar refractivity (Wildman–Crippen MR) is 97.3 cm³/mol. The summed E-state index contributed by atoms with van der Waals surface area (Å²) in [6.07, 6.45) is 4.67. The maximum Gasteiger partial charge on any atom is 0.287 e. The molecule has 160 valence electrons. The van der Waals surface area contributed by atoms with Gasteiger partial charge in [-0.15, -0.1) is 5.10 Å². The minimum absolute atomic E-state index is 0.236. The normalized spacial score (nSPS) is 30.1. The zero-order chi connectivity index (χ0) is 21.2. The van der Waals surface area contributed by atoms with Gasteiger partial charge in [0.2, 0.25) is 0 Å². The number of nitrogens with one attached hydrogen (secondary N) is 1. The Morgan fingerprint density at radius 2 is 1.97 bits per heavy atom. The summed E-state index contributed by atoms with van der Waals surface area (Å²) >= 11 is 0. The van der Waals surface area contributed by atoms with Crippen molar-refractivity contribution < 1.29 is 22.7 Å². The smallest absolute Gasteiger partial charge is 0.287 e. The molecule has 30 heavy (non-hydrogen) atoms. The van der Waals surface area contributed by atoms with E-state index >= 15 is 8.78 Å². The van der Waals surface area contributed by atoms with E-state index in [-0.39, 0.29) is 24.7 Å². The highest BCUT2D eigenvalue weighted by Crippen LogP contribution is 2.82. The zero-order valence-electron chi connectivity index (χ0n) is 16.1. The molecular formula is C20H21F4N5O. The Hall–Kier alpha value is -2.33. The van der Waals surface area contributed by atoms with Gasteiger partial charge in [0.15, 0.2) is 5.60 Å². The molecular weight excluding hydrogens is 402 g/mol. The third kappa shape index (κ3) is 2.52. The van der Waals surface area contributed by atoms with E-state index in [1.807, 2.05) is 0 Å². The van der Waals surface area contributed by atoms with E-state index in [1.54, 1.807) is 0 Å². The number of hydrogen-bond acceptors (Lipinski definition) is 5. The van der Waals surface area contributed by atoms with Crippen molar-refractivity contribution >= 4 is 0 Å². The maximum absolute atomic E-state index is 16.0. The number of rotatable bonds is 6. The molecule has 3 fully saturated rings. The average molecular weight is 423 g/mol. The van der Waals surface area contributed by atoms with Crippen LogP contribution in [-0.2, 0) is 12.1 Å². The van der Waals surface area contributed by atoms with E-state index in [9.17, 15) is 13.9 Å². The fourth-order valence-electron chi connectivity index (χ4n) is 5.67. The van der Waals surface area contributed by atoms with Gasteiger partial charge in [0.25, 0.3) is 5.92 Å². The summed E-state index contributed by atoms with van der Waals surface area (Å²) in [6, 6.07) is 2.24. The highest BCUT2D eigenvalue weighted by Gasteiger charge is 2.82. The second kappa shape index (κ2) is 6.34. The topological polar surface area (TPSA) is 75.9 Å². The number of tetrazole rings is 1. The van der Waals surface area contributed by atoms with Gasteiger partial charge >= 0.3 is 0 Å². The lowest BCUT2D eigenvalue weighted by atomic mass is 9.30. The van der Waals surface area contributed by atoms with Crippen molar-refractivity contribution in [3.8, 4) is 0 Å². The maximum atomic E-state index is 16.0. The fourth-order valence-corrected chi connectivity index (χ4v) is 5.67. The first-order chi connectivity index (χ1) is 14.2. The van der Waals surface area contributed by atoms with Crippen LogP contribution in [0.15, 0.2) is 36.2 Å². The van der Waals surface area contributed by atoms with Gasteiger partial charge < -0.3 is 10.4 Å². The number of benzene rings is 1. The van der Waals surface area contributed by atoms with Crippen molar-refractivity contribution in [1.82, 2.24) is 25.5 Å². The highest BCUT2D eigenvalue weighted by atomic mass is 19.3. The van der Waals surface area contributed by atoms with Gasteiger partial charge in [0, 0.05) is 23.6 Å². The first-order valence-corrected chi connectivity index (χ1v) is 9.88. The number of hydrogen-bond donors (Lipinski definition) is 2. The van der Waals surface area contributed by atoms with Gasteiger partial charge in [-0.05, 0) is 60.2 Å². The number of halogens is 4. The summed E-state index contributed by atoms with van der Waals surface area (Å²) in [5, 5.41) is 24.9. The first kappa shape index (κ1) is 19.6. The fraction of sp³-hybridized carbons (Fsp3) is 0.550. The molecule has 0 amide bonds. The van der Waals surface area contributed by atoms with Crippen LogP contribution in [0, 0.1) is 22.5 Å². The van der Waals surface area contributed by atoms with Crippen LogP contribution in [0.25, 0.3) is 0 Å². The molecule has 1 unspecified atom stereocenters. The Labute approximate surface area is 170 Å². The van der Waals surface area contributed by atoms with Gasteiger partial charge in [-0.2, -0.15) is 0 Å². The molecule has 2 bridgehead atoms. The largest absolute Gasteiger partial charge is 0.377 e. The quantitative estimate of drug-likeness (QED) is 0.552. The zero-order valence-corrected chi connectivity index (χ0v) is 16.1. The minimum Gasteiger partial charge on any atom is -0.377 e. The van der Waals surface area contributed by atoms with E-state index in [0.29, 0.717) is 6.07 Å². The van der Waals surface area contributed by atoms with Gasteiger partial charge in [-0.25, -0.2) is 22.2 Å². The summed E-state index contributed by atoms with van der Waals surface area (Å²) in [7, 11) is 0. The van der Waals surface area contributed by atoms with Crippen LogP contribution >= 0.6 is 0 Å². The lowest BCUT2D eigenvalue weighted by molar-refractivity contribution is -0.361. The van der Waals surface area contributed by atoms with Crippen LogP contribution < -0.4 is 5.32 Å². The summed E-state index contributed by atoms with van der Waals surface area (Å²) in [4.78, 5) is 0. The van der Waals surface area contributed by atoms with Crippen molar-refractivity contribution in [2.75, 3.05) is 13.1 Å². The third-order valence-electron chi connectivity index (χ3n) is 7.12. The van der Waals surface area contributed by atoms with Gasteiger partial charge in [-0.3, -0.25) is 0 Å². The Morgan fingerprint density at radius 3 is 2.57 bits per heavy atom. The second-order valence-corrected chi connectivity index (χ2v) is 8.84. The molecule has 1 aliphatic heterocycles. The Balaban J connectivity index is 1.51. The molecule has 1 aromatic carbocycles. The summed E-state index contributed by atoms with van der Waals surface area (Å²) in [6.45, 7) is 0.794. The van der Waals surface area contributed by atoms with Gasteiger partial charge in [-0.1, -0.05) is 11.6 Å². The molecule has 0 saturated heterocycles. The minimum atomic E-state index is -3.68. The summed E-state index contributed by atoms with van der Waals surface area (Å²) in [5.41, 5.74) is -4.10. The Kier molecular flexibility index (Phi) is 4.14. The SMILES string of the molecule is OC(Cn1cnnn1)(c1ccc(F)cc1F)C(F)(F)C12CC(C3=CCNCC3)(C1)C2. The van der Waals surface area contributed by atoms with Crippen LogP contribution in [0.1, 0.15) is 31.2 Å². The molecule has 2 aromatic rings. The van der Waals surface area contributed by atoms with E-state index < -0.39 is 40.7 Å². The second-order valence-electron chi connectivity index (χ2n) is 8.84. The lowest BCUT2D eigenvalue weighted by Crippen LogP contribution is -2.74. The molecule has 0 spiro atoms. The van der Waals surface area contributed by atoms with Gasteiger partial charge in [0.05, 0.1) is 6.54 Å². The molecule has 3 aliphatic carbocycles. The highest BCUT2D eigenvalue weighted by molar-refractivity contribution is 5.39. The monoisotopic (exact) mass is 423 g/mol. The van der Waals surface area contributed by atoms with Crippen LogP contribution in [0.3, 0.4) is 0 Å². The first-order valence-electron chi connectivity index (χ1n) is 9.88. The van der Waals surface area contributed by atoms with E-state index in [0.717, 1.165) is 42.7 Å². The predicted octanol–water partition coefficient (Wildman–Crippen LogP) is 2.56. The van der Waals surface area contributed by atoms with E-state index in [4.69, 9.17) is 0 Å². The molecule has 0 radical (unpaired) electrons. The number of aromatic nitrogens is 4. The van der Waals surface area contributed by atoms with Crippen LogP contribution in [-0.4, -0.2) is 44.3 Å². The van der Waals surface area contributed by atoms with Crippen molar-refractivity contribution in [3.63, 3.8) is 0 Å². The lowest BCUT2D eigenvalue weighted by Gasteiger charge is -2.75. The van der Waals surface area contributed by atoms with Crippen molar-refractivity contribution in [1.29, 1.82) is 0 Å². The third-order valence-corrected chi connectivity index (χ3v) is 7.12. The molecule has 6 nitrogen and oxygen atoms in total. The van der Waals surface area contributed by atoms with E-state index in [2.05, 4.69) is 26.9 Å². The van der Waals surface area contributed by atoms with Crippen molar-refractivity contribution in [2.45, 2.75) is 43.8 Å². The van der Waals surface area contributed by atoms with Crippen LogP contribution in [0.5, 0.6) is 0 Å². The van der Waals surface area contributed by atoms with Crippen molar-refractivity contribution in [2.24, 2.45) is 10.8 Å². The van der Waals surface area contributed by atoms with Crippen molar-refractivity contribution in [3.05, 3.63) is 53.4 Å². The van der Waals surface area contributed by atoms with E-state index in [1.165, 1.54) is 5.57 Å².